The van der Waals surface area contributed by atoms with Gasteiger partial charge in [0.1, 0.15) is 33.4 Å². The van der Waals surface area contributed by atoms with Crippen LogP contribution < -0.4 is 19.5 Å². The van der Waals surface area contributed by atoms with Crippen LogP contribution in [0.1, 0.15) is 34.1 Å². The van der Waals surface area contributed by atoms with Crippen LogP contribution in [0.15, 0.2) is 36.0 Å². The van der Waals surface area contributed by atoms with Gasteiger partial charge < -0.3 is 29.7 Å². The number of ether oxygens (including phenoxy) is 3. The largest absolute Gasteiger partial charge is 0.507 e. The Hall–Kier alpha value is -3.72. The highest BCUT2D eigenvalue weighted by Gasteiger charge is 2.60. The van der Waals surface area contributed by atoms with Crippen LogP contribution >= 0.6 is 11.6 Å². The Balaban J connectivity index is 1.70. The smallest absolute Gasteiger partial charge is 0.339 e. The van der Waals surface area contributed by atoms with Crippen LogP contribution in [0.25, 0.3) is 0 Å². The summed E-state index contributed by atoms with van der Waals surface area (Å²) in [6.07, 6.45) is 1.50. The van der Waals surface area contributed by atoms with Crippen molar-refractivity contribution in [2.75, 3.05) is 19.5 Å². The number of rotatable bonds is 5. The summed E-state index contributed by atoms with van der Waals surface area (Å²) in [6.45, 7) is 1.70. The monoisotopic (exact) mass is 473 g/mol. The number of nitrogens with one attached hydrogen (secondary N) is 1. The molecule has 4 rings (SSSR count). The number of carboxylic acid groups (broad SMARTS) is 1. The quantitative estimate of drug-likeness (QED) is 0.439. The lowest BCUT2D eigenvalue weighted by Gasteiger charge is -2.35. The molecule has 2 aromatic carbocycles. The molecule has 1 heterocycles. The highest BCUT2D eigenvalue weighted by Crippen LogP contribution is 2.53. The molecular formula is C23H20ClNO8. The Morgan fingerprint density at radius 3 is 2.52 bits per heavy atom. The number of methoxy groups -OCH3 is 2. The number of Topliss-reactive ketones (excluding diaryl/α,β-unsaturated/α-hetero) is 1. The number of allylic oxidation sites excluding steroid dienone is 1. The summed E-state index contributed by atoms with van der Waals surface area (Å²) < 4.78 is 16.5. The third kappa shape index (κ3) is 3.36. The number of fused-ring (bicyclic) bond motifs is 1. The molecule has 1 aliphatic heterocycles. The van der Waals surface area contributed by atoms with E-state index in [1.54, 1.807) is 6.92 Å². The van der Waals surface area contributed by atoms with Crippen molar-refractivity contribution < 1.29 is 38.8 Å². The molecule has 0 amide bonds. The average molecular weight is 474 g/mol. The second kappa shape index (κ2) is 8.00. The van der Waals surface area contributed by atoms with Gasteiger partial charge in [0.2, 0.25) is 17.2 Å². The third-order valence-electron chi connectivity index (χ3n) is 5.84. The molecule has 2 aromatic rings. The minimum atomic E-state index is -1.81. The molecule has 1 spiro atoms. The van der Waals surface area contributed by atoms with E-state index < -0.39 is 29.1 Å². The molecule has 0 saturated heterocycles. The van der Waals surface area contributed by atoms with Crippen molar-refractivity contribution in [3.8, 4) is 23.0 Å². The van der Waals surface area contributed by atoms with E-state index in [4.69, 9.17) is 25.8 Å². The van der Waals surface area contributed by atoms with E-state index in [1.807, 2.05) is 0 Å². The highest BCUT2D eigenvalue weighted by molar-refractivity contribution is 6.36. The molecule has 10 heteroatoms. The van der Waals surface area contributed by atoms with Crippen molar-refractivity contribution in [2.24, 2.45) is 5.92 Å². The highest BCUT2D eigenvalue weighted by atomic mass is 35.5. The van der Waals surface area contributed by atoms with E-state index in [9.17, 15) is 24.6 Å². The van der Waals surface area contributed by atoms with E-state index in [0.29, 0.717) is 11.4 Å². The molecule has 172 valence electrons. The maximum Gasteiger partial charge on any atom is 0.339 e. The lowest BCUT2D eigenvalue weighted by atomic mass is 9.74. The topological polar surface area (TPSA) is 131 Å². The van der Waals surface area contributed by atoms with Gasteiger partial charge >= 0.3 is 5.97 Å². The summed E-state index contributed by atoms with van der Waals surface area (Å²) in [5.74, 6) is -2.94. The van der Waals surface area contributed by atoms with Crippen LogP contribution in [-0.2, 0) is 4.79 Å². The molecule has 2 aliphatic rings. The fraction of sp³-hybridized carbons (Fsp3) is 0.261. The maximum absolute atomic E-state index is 13.5. The number of halogens is 1. The fourth-order valence-electron chi connectivity index (χ4n) is 4.19. The Kier molecular flexibility index (Phi) is 5.45. The van der Waals surface area contributed by atoms with E-state index in [2.05, 4.69) is 5.32 Å². The van der Waals surface area contributed by atoms with E-state index >= 15 is 0 Å². The van der Waals surface area contributed by atoms with Gasteiger partial charge in [0.15, 0.2) is 5.75 Å². The molecule has 0 saturated carbocycles. The summed E-state index contributed by atoms with van der Waals surface area (Å²) in [4.78, 5) is 38.0. The van der Waals surface area contributed by atoms with E-state index in [1.165, 1.54) is 44.6 Å². The van der Waals surface area contributed by atoms with Crippen LogP contribution in [0, 0.1) is 5.92 Å². The number of carbonyl (C=O) groups is 3. The number of aromatic carboxylic acids is 1. The Bertz CT molecular complexity index is 1240. The van der Waals surface area contributed by atoms with Gasteiger partial charge in [0.25, 0.3) is 0 Å². The molecule has 0 bridgehead atoms. The predicted octanol–water partition coefficient (Wildman–Crippen LogP) is 3.68. The first kappa shape index (κ1) is 22.5. The SMILES string of the molecule is COc1cc(OC)c2c(c1Cl)OC1(C(=O)C=C(Nc3ccc(O)c(C(=O)O)c3)CC1C)C2=O. The van der Waals surface area contributed by atoms with Crippen molar-refractivity contribution >= 4 is 34.8 Å². The lowest BCUT2D eigenvalue weighted by molar-refractivity contribution is -0.129. The number of hydrogen-bond donors (Lipinski definition) is 3. The first-order valence-electron chi connectivity index (χ1n) is 9.90. The maximum atomic E-state index is 13.5. The second-order valence-electron chi connectivity index (χ2n) is 7.77. The molecule has 2 atom stereocenters. The number of aromatic hydroxyl groups is 1. The molecule has 2 unspecified atom stereocenters. The summed E-state index contributed by atoms with van der Waals surface area (Å²) in [5.41, 5.74) is -1.18. The van der Waals surface area contributed by atoms with Gasteiger partial charge in [-0.25, -0.2) is 4.79 Å². The van der Waals surface area contributed by atoms with Crippen molar-refractivity contribution in [1.29, 1.82) is 0 Å². The second-order valence-corrected chi connectivity index (χ2v) is 8.15. The van der Waals surface area contributed by atoms with Gasteiger partial charge in [-0.05, 0) is 24.6 Å². The zero-order valence-electron chi connectivity index (χ0n) is 17.9. The summed E-state index contributed by atoms with van der Waals surface area (Å²) >= 11 is 6.37. The summed E-state index contributed by atoms with van der Waals surface area (Å²) in [6, 6.07) is 5.44. The molecule has 9 nitrogen and oxygen atoms in total. The first-order chi connectivity index (χ1) is 15.6. The number of carbonyl (C=O) groups excluding carboxylic acids is 2. The van der Waals surface area contributed by atoms with Gasteiger partial charge in [0.05, 0.1) is 14.2 Å². The average Bonchev–Trinajstić information content (AvgIpc) is 3.09. The van der Waals surface area contributed by atoms with Gasteiger partial charge in [-0.2, -0.15) is 0 Å². The molecule has 33 heavy (non-hydrogen) atoms. The van der Waals surface area contributed by atoms with Crippen molar-refractivity contribution in [3.05, 3.63) is 52.2 Å². The van der Waals surface area contributed by atoms with Gasteiger partial charge in [0, 0.05) is 29.4 Å². The van der Waals surface area contributed by atoms with Crippen LogP contribution in [0.4, 0.5) is 5.69 Å². The predicted molar refractivity (Wildman–Crippen MR) is 118 cm³/mol. The van der Waals surface area contributed by atoms with Crippen LogP contribution in [0.5, 0.6) is 23.0 Å². The van der Waals surface area contributed by atoms with Crippen LogP contribution in [0.3, 0.4) is 0 Å². The number of hydrogen-bond acceptors (Lipinski definition) is 8. The number of carboxylic acids is 1. The third-order valence-corrected chi connectivity index (χ3v) is 6.20. The van der Waals surface area contributed by atoms with Crippen molar-refractivity contribution in [2.45, 2.75) is 18.9 Å². The zero-order valence-corrected chi connectivity index (χ0v) is 18.6. The van der Waals surface area contributed by atoms with Gasteiger partial charge in [-0.1, -0.05) is 18.5 Å². The Labute approximate surface area is 193 Å². The van der Waals surface area contributed by atoms with Gasteiger partial charge in [-0.15, -0.1) is 0 Å². The lowest BCUT2D eigenvalue weighted by Crippen LogP contribution is -2.55. The molecular weight excluding hydrogens is 454 g/mol. The normalized spacial score (nSPS) is 21.3. The minimum Gasteiger partial charge on any atom is -0.507 e. The first-order valence-corrected chi connectivity index (χ1v) is 10.3. The van der Waals surface area contributed by atoms with E-state index in [-0.39, 0.29) is 45.6 Å². The molecule has 3 N–H and O–H groups in total. The number of ketones is 2. The standard InChI is InChI=1S/C23H20ClNO8/c1-10-6-12(25-11-4-5-14(26)13(7-11)22(29)30)8-17(27)23(10)21(28)18-15(31-2)9-16(32-3)19(24)20(18)33-23/h4-5,7-10,25-26H,6H2,1-3H3,(H,29,30). The van der Waals surface area contributed by atoms with Gasteiger partial charge in [-0.3, -0.25) is 9.59 Å². The van der Waals surface area contributed by atoms with Crippen LogP contribution in [0.2, 0.25) is 5.02 Å². The molecule has 0 radical (unpaired) electrons. The van der Waals surface area contributed by atoms with Crippen molar-refractivity contribution in [1.82, 2.24) is 0 Å². The zero-order chi connectivity index (χ0) is 24.1. The summed E-state index contributed by atoms with van der Waals surface area (Å²) in [7, 11) is 2.80. The number of benzene rings is 2. The summed E-state index contributed by atoms with van der Waals surface area (Å²) in [5, 5.41) is 21.9. The van der Waals surface area contributed by atoms with Crippen molar-refractivity contribution in [3.63, 3.8) is 0 Å². The number of anilines is 1. The molecule has 0 aromatic heterocycles. The van der Waals surface area contributed by atoms with E-state index in [0.717, 1.165) is 0 Å². The fourth-order valence-corrected chi connectivity index (χ4v) is 4.45. The Morgan fingerprint density at radius 2 is 1.91 bits per heavy atom. The number of phenols is 1. The molecule has 0 fully saturated rings. The molecule has 1 aliphatic carbocycles. The minimum absolute atomic E-state index is 0.0347. The van der Waals surface area contributed by atoms with Crippen LogP contribution in [-0.4, -0.2) is 47.6 Å². The Morgan fingerprint density at radius 1 is 1.21 bits per heavy atom.